The van der Waals surface area contributed by atoms with Crippen LogP contribution in [0.25, 0.3) is 0 Å². The predicted octanol–water partition coefficient (Wildman–Crippen LogP) is 4.33. The second kappa shape index (κ2) is 5.79. The maximum absolute atomic E-state index is 5.40. The minimum Gasteiger partial charge on any atom is -0.496 e. The van der Waals surface area contributed by atoms with Crippen LogP contribution < -0.4 is 4.74 Å². The molecule has 0 radical (unpaired) electrons. The summed E-state index contributed by atoms with van der Waals surface area (Å²) in [5.41, 5.74) is 2.63. The van der Waals surface area contributed by atoms with Crippen molar-refractivity contribution in [3.05, 3.63) is 29.3 Å². The van der Waals surface area contributed by atoms with E-state index in [1.807, 2.05) is 13.8 Å². The molecule has 0 fully saturated rings. The lowest BCUT2D eigenvalue weighted by molar-refractivity contribution is 0.394. The summed E-state index contributed by atoms with van der Waals surface area (Å²) in [7, 11) is 1.73. The van der Waals surface area contributed by atoms with E-state index in [1.54, 1.807) is 7.11 Å². The Labute approximate surface area is 94.5 Å². The summed E-state index contributed by atoms with van der Waals surface area (Å²) in [4.78, 5) is 0. The van der Waals surface area contributed by atoms with Crippen LogP contribution in [0, 0.1) is 6.92 Å². The Balaban J connectivity index is 0.000000921. The first kappa shape index (κ1) is 14.0. The van der Waals surface area contributed by atoms with Gasteiger partial charge >= 0.3 is 0 Å². The molecule has 0 unspecified atom stereocenters. The van der Waals surface area contributed by atoms with Gasteiger partial charge in [-0.05, 0) is 23.5 Å². The number of rotatable bonds is 1. The largest absolute Gasteiger partial charge is 0.496 e. The number of hydrogen-bond acceptors (Lipinski definition) is 1. The molecule has 1 nitrogen and oxygen atoms in total. The van der Waals surface area contributed by atoms with Crippen molar-refractivity contribution in [3.8, 4) is 5.75 Å². The summed E-state index contributed by atoms with van der Waals surface area (Å²) in [5, 5.41) is 0. The molecule has 86 valence electrons. The summed E-state index contributed by atoms with van der Waals surface area (Å²) in [5.74, 6) is 1.02. The second-order valence-corrected chi connectivity index (χ2v) is 4.41. The van der Waals surface area contributed by atoms with E-state index in [4.69, 9.17) is 4.74 Å². The fourth-order valence-electron chi connectivity index (χ4n) is 1.51. The second-order valence-electron chi connectivity index (χ2n) is 4.41. The Morgan fingerprint density at radius 1 is 1.07 bits per heavy atom. The van der Waals surface area contributed by atoms with Gasteiger partial charge in [0, 0.05) is 0 Å². The predicted molar refractivity (Wildman–Crippen MR) is 67.8 cm³/mol. The number of methoxy groups -OCH3 is 1. The molecule has 15 heavy (non-hydrogen) atoms. The molecule has 0 saturated heterocycles. The van der Waals surface area contributed by atoms with Crippen LogP contribution in [0.1, 0.15) is 45.7 Å². The van der Waals surface area contributed by atoms with Crippen molar-refractivity contribution in [3.63, 3.8) is 0 Å². The average Bonchev–Trinajstić information content (AvgIpc) is 2.19. The summed E-state index contributed by atoms with van der Waals surface area (Å²) < 4.78 is 5.40. The highest BCUT2D eigenvalue weighted by Gasteiger charge is 2.19. The minimum absolute atomic E-state index is 0.150. The third-order valence-corrected chi connectivity index (χ3v) is 2.22. The van der Waals surface area contributed by atoms with Crippen LogP contribution in [0.2, 0.25) is 0 Å². The van der Waals surface area contributed by atoms with E-state index in [0.29, 0.717) is 0 Å². The van der Waals surface area contributed by atoms with Crippen molar-refractivity contribution in [1.29, 1.82) is 0 Å². The van der Waals surface area contributed by atoms with Crippen molar-refractivity contribution in [2.75, 3.05) is 7.11 Å². The average molecular weight is 208 g/mol. The molecular weight excluding hydrogens is 184 g/mol. The van der Waals surface area contributed by atoms with Gasteiger partial charge in [0.15, 0.2) is 0 Å². The first-order valence-electron chi connectivity index (χ1n) is 5.61. The van der Waals surface area contributed by atoms with E-state index in [9.17, 15) is 0 Å². The van der Waals surface area contributed by atoms with Gasteiger partial charge in [-0.2, -0.15) is 0 Å². The normalized spacial score (nSPS) is 10.3. The number of benzene rings is 1. The molecule has 0 aliphatic rings. The molecule has 0 aromatic heterocycles. The SMILES string of the molecule is CC.COc1c(C)cccc1C(C)(C)C. The lowest BCUT2D eigenvalue weighted by Crippen LogP contribution is -2.13. The van der Waals surface area contributed by atoms with Gasteiger partial charge in [-0.25, -0.2) is 0 Å². The van der Waals surface area contributed by atoms with E-state index in [1.165, 1.54) is 11.1 Å². The van der Waals surface area contributed by atoms with Crippen molar-refractivity contribution in [2.45, 2.75) is 47.0 Å². The van der Waals surface area contributed by atoms with Gasteiger partial charge in [-0.15, -0.1) is 0 Å². The highest BCUT2D eigenvalue weighted by atomic mass is 16.5. The summed E-state index contributed by atoms with van der Waals surface area (Å²) in [6.45, 7) is 12.7. The number of hydrogen-bond donors (Lipinski definition) is 0. The smallest absolute Gasteiger partial charge is 0.125 e. The molecule has 1 aromatic carbocycles. The fourth-order valence-corrected chi connectivity index (χ4v) is 1.51. The molecule has 1 aromatic rings. The van der Waals surface area contributed by atoms with Gasteiger partial charge in [0.1, 0.15) is 5.75 Å². The van der Waals surface area contributed by atoms with Gasteiger partial charge in [0.05, 0.1) is 7.11 Å². The van der Waals surface area contributed by atoms with Crippen LogP contribution in [0.4, 0.5) is 0 Å². The van der Waals surface area contributed by atoms with Crippen LogP contribution in [0.15, 0.2) is 18.2 Å². The van der Waals surface area contributed by atoms with Crippen LogP contribution in [-0.4, -0.2) is 7.11 Å². The monoisotopic (exact) mass is 208 g/mol. The molecule has 0 aliphatic heterocycles. The third-order valence-electron chi connectivity index (χ3n) is 2.22. The van der Waals surface area contributed by atoms with Crippen molar-refractivity contribution < 1.29 is 4.74 Å². The summed E-state index contributed by atoms with van der Waals surface area (Å²) >= 11 is 0. The molecule has 0 atom stereocenters. The van der Waals surface area contributed by atoms with Gasteiger partial charge in [-0.1, -0.05) is 52.8 Å². The van der Waals surface area contributed by atoms with E-state index >= 15 is 0 Å². The maximum atomic E-state index is 5.40. The Hall–Kier alpha value is -0.980. The molecule has 0 saturated carbocycles. The molecule has 0 aliphatic carbocycles. The van der Waals surface area contributed by atoms with E-state index in [0.717, 1.165) is 5.75 Å². The van der Waals surface area contributed by atoms with Gasteiger partial charge in [0.25, 0.3) is 0 Å². The third kappa shape index (κ3) is 3.58. The van der Waals surface area contributed by atoms with Gasteiger partial charge in [0.2, 0.25) is 0 Å². The van der Waals surface area contributed by atoms with E-state index < -0.39 is 0 Å². The lowest BCUT2D eigenvalue weighted by atomic mass is 9.85. The molecule has 0 heterocycles. The van der Waals surface area contributed by atoms with E-state index in [2.05, 4.69) is 45.9 Å². The molecule has 1 rings (SSSR count). The minimum atomic E-state index is 0.150. The van der Waals surface area contributed by atoms with Crippen LogP contribution in [0.5, 0.6) is 5.75 Å². The van der Waals surface area contributed by atoms with Crippen molar-refractivity contribution in [1.82, 2.24) is 0 Å². The molecule has 0 amide bonds. The Morgan fingerprint density at radius 3 is 1.93 bits per heavy atom. The van der Waals surface area contributed by atoms with Crippen molar-refractivity contribution >= 4 is 0 Å². The first-order chi connectivity index (χ1) is 6.96. The molecule has 1 heteroatoms. The molecule has 0 N–H and O–H groups in total. The molecule has 0 bridgehead atoms. The number of ether oxygens (including phenoxy) is 1. The highest BCUT2D eigenvalue weighted by Crippen LogP contribution is 2.33. The van der Waals surface area contributed by atoms with Gasteiger partial charge in [-0.3, -0.25) is 0 Å². The van der Waals surface area contributed by atoms with Crippen molar-refractivity contribution in [2.24, 2.45) is 0 Å². The standard InChI is InChI=1S/C12H18O.C2H6/c1-9-7-6-8-10(11(9)13-5)12(2,3)4;1-2/h6-8H,1-5H3;1-2H3. The summed E-state index contributed by atoms with van der Waals surface area (Å²) in [6, 6.07) is 6.29. The Bertz CT molecular complexity index is 295. The Kier molecular flexibility index (Phi) is 5.41. The lowest BCUT2D eigenvalue weighted by Gasteiger charge is -2.23. The zero-order valence-corrected chi connectivity index (χ0v) is 11.1. The Morgan fingerprint density at radius 2 is 1.60 bits per heavy atom. The summed E-state index contributed by atoms with van der Waals surface area (Å²) in [6.07, 6.45) is 0. The van der Waals surface area contributed by atoms with E-state index in [-0.39, 0.29) is 5.41 Å². The zero-order valence-electron chi connectivity index (χ0n) is 11.1. The van der Waals surface area contributed by atoms with Gasteiger partial charge < -0.3 is 4.74 Å². The highest BCUT2D eigenvalue weighted by molar-refractivity contribution is 5.44. The molecular formula is C14H24O. The van der Waals surface area contributed by atoms with Crippen LogP contribution in [0.3, 0.4) is 0 Å². The molecule has 0 spiro atoms. The van der Waals surface area contributed by atoms with Crippen LogP contribution >= 0.6 is 0 Å². The first-order valence-corrected chi connectivity index (χ1v) is 5.61. The number of aryl methyl sites for hydroxylation is 1. The van der Waals surface area contributed by atoms with Crippen LogP contribution in [-0.2, 0) is 5.41 Å². The zero-order chi connectivity index (χ0) is 12.1. The quantitative estimate of drug-likeness (QED) is 0.667. The number of para-hydroxylation sites is 1. The fraction of sp³-hybridized carbons (Fsp3) is 0.571. The topological polar surface area (TPSA) is 9.23 Å². The maximum Gasteiger partial charge on any atom is 0.125 e.